The van der Waals surface area contributed by atoms with Crippen LogP contribution in [0.4, 0.5) is 0 Å². The Balaban J connectivity index is 1.29. The van der Waals surface area contributed by atoms with Gasteiger partial charge in [-0.25, -0.2) is 0 Å². The average Bonchev–Trinajstić information content (AvgIpc) is 3.31. The zero-order valence-corrected chi connectivity index (χ0v) is 18.4. The fourth-order valence-corrected chi connectivity index (χ4v) is 4.31. The molecule has 170 valence electrons. The molecule has 0 radical (unpaired) electrons. The van der Waals surface area contributed by atoms with Gasteiger partial charge in [-0.1, -0.05) is 31.0 Å². The third-order valence-corrected chi connectivity index (χ3v) is 5.96. The minimum absolute atomic E-state index is 0.310. The second-order valence-electron chi connectivity index (χ2n) is 8.24. The van der Waals surface area contributed by atoms with Crippen LogP contribution < -0.4 is 19.5 Å². The summed E-state index contributed by atoms with van der Waals surface area (Å²) >= 11 is 0. The van der Waals surface area contributed by atoms with Crippen molar-refractivity contribution in [3.05, 3.63) is 53.6 Å². The zero-order valence-electron chi connectivity index (χ0n) is 18.4. The van der Waals surface area contributed by atoms with Gasteiger partial charge in [0.05, 0.1) is 12.0 Å². The van der Waals surface area contributed by atoms with Gasteiger partial charge >= 0.3 is 5.97 Å². The van der Waals surface area contributed by atoms with E-state index in [4.69, 9.17) is 18.9 Å². The molecule has 0 bridgehead atoms. The molecule has 2 aromatic rings. The number of carbonyl (C=O) groups excluding carboxylic acids is 2. The number of nitrogens with one attached hydrogen (secondary N) is 1. The van der Waals surface area contributed by atoms with E-state index in [1.165, 1.54) is 0 Å². The van der Waals surface area contributed by atoms with Crippen molar-refractivity contribution in [2.24, 2.45) is 0 Å². The molecule has 1 aliphatic carbocycles. The normalized spacial score (nSPS) is 16.3. The molecule has 1 amide bonds. The van der Waals surface area contributed by atoms with E-state index in [0.29, 0.717) is 50.7 Å². The Bertz CT molecular complexity index is 967. The monoisotopic (exact) mass is 439 g/mol. The summed E-state index contributed by atoms with van der Waals surface area (Å²) in [5, 5.41) is 2.73. The summed E-state index contributed by atoms with van der Waals surface area (Å²) in [4.78, 5) is 25.3. The summed E-state index contributed by atoms with van der Waals surface area (Å²) in [5.41, 5.74) is 1.22. The highest BCUT2D eigenvalue weighted by Crippen LogP contribution is 2.45. The van der Waals surface area contributed by atoms with E-state index >= 15 is 0 Å². The molecule has 7 nitrogen and oxygen atoms in total. The molecule has 1 N–H and O–H groups in total. The number of rotatable bonds is 8. The van der Waals surface area contributed by atoms with Gasteiger partial charge in [-0.3, -0.25) is 9.59 Å². The molecule has 1 aliphatic heterocycles. The highest BCUT2D eigenvalue weighted by molar-refractivity contribution is 5.87. The van der Waals surface area contributed by atoms with Gasteiger partial charge in [0.1, 0.15) is 25.6 Å². The summed E-state index contributed by atoms with van der Waals surface area (Å²) in [6, 6.07) is 13.3. The number of esters is 1. The van der Waals surface area contributed by atoms with Crippen molar-refractivity contribution < 1.29 is 28.5 Å². The van der Waals surface area contributed by atoms with Gasteiger partial charge in [0.2, 0.25) is 0 Å². The van der Waals surface area contributed by atoms with Crippen LogP contribution in [0.3, 0.4) is 0 Å². The van der Waals surface area contributed by atoms with Crippen LogP contribution in [-0.4, -0.2) is 44.8 Å². The Hall–Kier alpha value is -3.22. The summed E-state index contributed by atoms with van der Waals surface area (Å²) in [6.07, 6.45) is 3.26. The molecule has 0 saturated heterocycles. The predicted octanol–water partition coefficient (Wildman–Crippen LogP) is 3.32. The molecule has 0 spiro atoms. The molecule has 1 saturated carbocycles. The molecule has 7 heteroatoms. The summed E-state index contributed by atoms with van der Waals surface area (Å²) in [6.45, 7) is 3.36. The minimum atomic E-state index is -0.746. The van der Waals surface area contributed by atoms with Crippen LogP contribution in [0.1, 0.15) is 36.8 Å². The largest absolute Gasteiger partial charge is 0.492 e. The van der Waals surface area contributed by atoms with Crippen molar-refractivity contribution in [1.82, 2.24) is 5.32 Å². The van der Waals surface area contributed by atoms with Crippen LogP contribution in [0, 0.1) is 6.92 Å². The van der Waals surface area contributed by atoms with Crippen LogP contribution in [0.25, 0.3) is 0 Å². The second-order valence-corrected chi connectivity index (χ2v) is 8.24. The number of amides is 1. The molecule has 32 heavy (non-hydrogen) atoms. The van der Waals surface area contributed by atoms with Crippen molar-refractivity contribution >= 4 is 11.9 Å². The lowest BCUT2D eigenvalue weighted by Gasteiger charge is -2.28. The lowest BCUT2D eigenvalue weighted by molar-refractivity contribution is -0.154. The highest BCUT2D eigenvalue weighted by atomic mass is 16.6. The van der Waals surface area contributed by atoms with E-state index < -0.39 is 5.41 Å². The van der Waals surface area contributed by atoms with Crippen LogP contribution in [0.5, 0.6) is 17.2 Å². The first-order valence-electron chi connectivity index (χ1n) is 11.1. The number of fused-ring (bicyclic) bond motifs is 1. The van der Waals surface area contributed by atoms with E-state index in [0.717, 1.165) is 29.7 Å². The first kappa shape index (κ1) is 22.0. The van der Waals surface area contributed by atoms with Crippen molar-refractivity contribution in [2.45, 2.75) is 38.0 Å². The number of benzene rings is 2. The van der Waals surface area contributed by atoms with Crippen LogP contribution in [-0.2, 0) is 19.7 Å². The maximum Gasteiger partial charge on any atom is 0.317 e. The number of hydrogen-bond donors (Lipinski definition) is 1. The van der Waals surface area contributed by atoms with E-state index in [1.54, 1.807) is 0 Å². The lowest BCUT2D eigenvalue weighted by atomic mass is 9.78. The van der Waals surface area contributed by atoms with Gasteiger partial charge in [0.25, 0.3) is 5.91 Å². The maximum atomic E-state index is 13.1. The molecule has 1 heterocycles. The Labute approximate surface area is 188 Å². The number of carbonyl (C=O) groups is 2. The predicted molar refractivity (Wildman–Crippen MR) is 118 cm³/mol. The van der Waals surface area contributed by atoms with Crippen LogP contribution in [0.2, 0.25) is 0 Å². The molecule has 1 fully saturated rings. The first-order chi connectivity index (χ1) is 15.6. The minimum Gasteiger partial charge on any atom is -0.492 e. The topological polar surface area (TPSA) is 83.1 Å². The smallest absolute Gasteiger partial charge is 0.317 e. The summed E-state index contributed by atoms with van der Waals surface area (Å²) in [7, 11) is 0. The van der Waals surface area contributed by atoms with Crippen LogP contribution >= 0.6 is 0 Å². The Morgan fingerprint density at radius 2 is 1.81 bits per heavy atom. The van der Waals surface area contributed by atoms with Gasteiger partial charge in [0.15, 0.2) is 18.1 Å². The molecular weight excluding hydrogens is 410 g/mol. The number of hydrogen-bond acceptors (Lipinski definition) is 6. The highest BCUT2D eigenvalue weighted by Gasteiger charge is 2.45. The fourth-order valence-electron chi connectivity index (χ4n) is 4.31. The van der Waals surface area contributed by atoms with Crippen molar-refractivity contribution in [3.8, 4) is 17.2 Å². The quantitative estimate of drug-likeness (QED) is 0.502. The van der Waals surface area contributed by atoms with Crippen LogP contribution in [0.15, 0.2) is 42.5 Å². The molecule has 4 rings (SSSR count). The SMILES string of the molecule is Cc1cccc(OCCNC(=O)COC(=O)C2(c3ccc4c(c3)OCCO4)CCCC2)c1. The molecule has 0 atom stereocenters. The Kier molecular flexibility index (Phi) is 6.83. The second kappa shape index (κ2) is 9.94. The lowest BCUT2D eigenvalue weighted by Crippen LogP contribution is -2.38. The molecule has 2 aromatic carbocycles. The molecular formula is C25H29NO6. The van der Waals surface area contributed by atoms with E-state index in [-0.39, 0.29) is 18.5 Å². The van der Waals surface area contributed by atoms with Crippen molar-refractivity contribution in [1.29, 1.82) is 0 Å². The van der Waals surface area contributed by atoms with E-state index in [2.05, 4.69) is 5.32 Å². The molecule has 0 aromatic heterocycles. The first-order valence-corrected chi connectivity index (χ1v) is 11.1. The molecule has 2 aliphatic rings. The average molecular weight is 440 g/mol. The standard InChI is InChI=1S/C25H29NO6/c1-18-5-4-6-20(15-18)29-12-11-26-23(27)17-32-24(28)25(9-2-3-10-25)19-7-8-21-22(16-19)31-14-13-30-21/h4-8,15-16H,2-3,9-14,17H2,1H3,(H,26,27). The Morgan fingerprint density at radius 3 is 2.59 bits per heavy atom. The maximum absolute atomic E-state index is 13.1. The van der Waals surface area contributed by atoms with Gasteiger partial charge in [-0.05, 0) is 55.2 Å². The number of aryl methyl sites for hydroxylation is 1. The third kappa shape index (κ3) is 4.98. The summed E-state index contributed by atoms with van der Waals surface area (Å²) < 4.78 is 22.4. The summed E-state index contributed by atoms with van der Waals surface area (Å²) in [5.74, 6) is 1.39. The van der Waals surface area contributed by atoms with Gasteiger partial charge in [-0.15, -0.1) is 0 Å². The van der Waals surface area contributed by atoms with Crippen molar-refractivity contribution in [3.63, 3.8) is 0 Å². The Morgan fingerprint density at radius 1 is 1.03 bits per heavy atom. The zero-order chi connectivity index (χ0) is 22.4. The van der Waals surface area contributed by atoms with E-state index in [1.807, 2.05) is 49.4 Å². The van der Waals surface area contributed by atoms with E-state index in [9.17, 15) is 9.59 Å². The number of ether oxygens (including phenoxy) is 4. The van der Waals surface area contributed by atoms with Crippen molar-refractivity contribution in [2.75, 3.05) is 33.0 Å². The van der Waals surface area contributed by atoms with Gasteiger partial charge < -0.3 is 24.3 Å². The van der Waals surface area contributed by atoms with Gasteiger partial charge in [-0.2, -0.15) is 0 Å². The molecule has 0 unspecified atom stereocenters. The fraction of sp³-hybridized carbons (Fsp3) is 0.440. The third-order valence-electron chi connectivity index (χ3n) is 5.96. The van der Waals surface area contributed by atoms with Gasteiger partial charge in [0, 0.05) is 0 Å².